The highest BCUT2D eigenvalue weighted by atomic mass is 16.1. The van der Waals surface area contributed by atoms with Gasteiger partial charge in [-0.15, -0.1) is 0 Å². The minimum Gasteiger partial charge on any atom is -0.313 e. The molecule has 148 valence electrons. The van der Waals surface area contributed by atoms with Crippen LogP contribution in [0.4, 0.5) is 0 Å². The fourth-order valence-electron chi connectivity index (χ4n) is 3.72. The Hall–Kier alpha value is -3.19. The predicted molar refractivity (Wildman–Crippen MR) is 111 cm³/mol. The van der Waals surface area contributed by atoms with Crippen molar-refractivity contribution in [3.05, 3.63) is 65.6 Å². The van der Waals surface area contributed by atoms with Gasteiger partial charge in [0, 0.05) is 47.7 Å². The summed E-state index contributed by atoms with van der Waals surface area (Å²) >= 11 is 0. The highest BCUT2D eigenvalue weighted by molar-refractivity contribution is 5.80. The van der Waals surface area contributed by atoms with Gasteiger partial charge in [-0.25, -0.2) is 0 Å². The fraction of sp³-hybridized carbons (Fsp3) is 0.318. The van der Waals surface area contributed by atoms with E-state index >= 15 is 0 Å². The van der Waals surface area contributed by atoms with Crippen molar-refractivity contribution in [3.8, 4) is 11.3 Å². The van der Waals surface area contributed by atoms with E-state index in [1.165, 1.54) is 11.1 Å². The second-order valence-electron chi connectivity index (χ2n) is 7.23. The van der Waals surface area contributed by atoms with E-state index in [0.717, 1.165) is 47.8 Å². The molecule has 0 fully saturated rings. The zero-order chi connectivity index (χ0) is 20.2. The Labute approximate surface area is 169 Å². The van der Waals surface area contributed by atoms with Crippen molar-refractivity contribution < 1.29 is 4.79 Å². The summed E-state index contributed by atoms with van der Waals surface area (Å²) in [6, 6.07) is 3.79. The zero-order valence-electron chi connectivity index (χ0n) is 16.7. The molecule has 0 aliphatic carbocycles. The normalized spacial score (nSPS) is 13.9. The molecule has 7 heteroatoms. The van der Waals surface area contributed by atoms with Crippen LogP contribution in [0.5, 0.6) is 0 Å². The smallest absolute Gasteiger partial charge is 0.160 e. The Morgan fingerprint density at radius 1 is 1.17 bits per heavy atom. The van der Waals surface area contributed by atoms with Crippen molar-refractivity contribution in [2.75, 3.05) is 13.1 Å². The third kappa shape index (κ3) is 4.30. The predicted octanol–water partition coefficient (Wildman–Crippen LogP) is 2.54. The number of carbonyl (C=O) groups excluding carboxylic acids is 1. The van der Waals surface area contributed by atoms with Crippen molar-refractivity contribution in [1.82, 2.24) is 30.0 Å². The maximum Gasteiger partial charge on any atom is 0.160 e. The molecule has 0 atom stereocenters. The average molecular weight is 388 g/mol. The zero-order valence-corrected chi connectivity index (χ0v) is 16.7. The molecule has 1 N–H and O–H groups in total. The van der Waals surface area contributed by atoms with Gasteiger partial charge in [-0.1, -0.05) is 6.08 Å². The summed E-state index contributed by atoms with van der Waals surface area (Å²) in [6.45, 7) is 6.17. The number of carbonyl (C=O) groups is 1. The molecule has 0 saturated carbocycles. The van der Waals surface area contributed by atoms with Crippen LogP contribution in [-0.4, -0.2) is 43.6 Å². The second-order valence-corrected chi connectivity index (χ2v) is 7.23. The summed E-state index contributed by atoms with van der Waals surface area (Å²) in [7, 11) is 0. The number of hydrogen-bond donors (Lipinski definition) is 1. The van der Waals surface area contributed by atoms with Gasteiger partial charge in [0.25, 0.3) is 0 Å². The number of ketones is 1. The van der Waals surface area contributed by atoms with Crippen LogP contribution in [0.15, 0.2) is 43.0 Å². The number of nitrogens with zero attached hydrogens (tertiary/aromatic N) is 5. The van der Waals surface area contributed by atoms with Crippen molar-refractivity contribution in [2.45, 2.75) is 33.2 Å². The molecule has 0 bridgehead atoms. The SMILES string of the molecule is Cc1nn(CC(=O)Cc2ccc(-c3cnccn3)cn2)c(C)c1C1=CCNCC1. The van der Waals surface area contributed by atoms with Crippen LogP contribution >= 0.6 is 0 Å². The first kappa shape index (κ1) is 19.1. The molecule has 0 radical (unpaired) electrons. The van der Waals surface area contributed by atoms with E-state index in [-0.39, 0.29) is 18.7 Å². The minimum atomic E-state index is 0.0844. The lowest BCUT2D eigenvalue weighted by Gasteiger charge is -2.14. The molecule has 0 unspecified atom stereocenters. The van der Waals surface area contributed by atoms with Gasteiger partial charge in [-0.3, -0.25) is 24.4 Å². The van der Waals surface area contributed by atoms with Crippen molar-refractivity contribution >= 4 is 11.4 Å². The number of Topliss-reactive ketones (excluding diaryl/α,β-unsaturated/α-hetero) is 1. The van der Waals surface area contributed by atoms with E-state index in [0.29, 0.717) is 0 Å². The molecule has 3 aromatic heterocycles. The molecule has 1 aliphatic heterocycles. The molecule has 0 spiro atoms. The first-order chi connectivity index (χ1) is 14.1. The second kappa shape index (κ2) is 8.45. The number of nitrogens with one attached hydrogen (secondary N) is 1. The van der Waals surface area contributed by atoms with Gasteiger partial charge in [0.05, 0.1) is 24.0 Å². The average Bonchev–Trinajstić information content (AvgIpc) is 3.02. The van der Waals surface area contributed by atoms with Crippen LogP contribution in [0.25, 0.3) is 16.8 Å². The van der Waals surface area contributed by atoms with Gasteiger partial charge in [-0.05, 0) is 44.5 Å². The molecule has 0 saturated heterocycles. The summed E-state index contributed by atoms with van der Waals surface area (Å²) in [5.41, 5.74) is 6.92. The van der Waals surface area contributed by atoms with Crippen LogP contribution in [-0.2, 0) is 17.8 Å². The third-order valence-corrected chi connectivity index (χ3v) is 5.15. The van der Waals surface area contributed by atoms with Gasteiger partial charge in [0.15, 0.2) is 5.78 Å². The Balaban J connectivity index is 1.44. The van der Waals surface area contributed by atoms with Gasteiger partial charge >= 0.3 is 0 Å². The Bertz CT molecular complexity index is 1040. The molecule has 29 heavy (non-hydrogen) atoms. The maximum absolute atomic E-state index is 12.6. The molecule has 3 aromatic rings. The molecule has 0 amide bonds. The number of aromatic nitrogens is 5. The summed E-state index contributed by atoms with van der Waals surface area (Å²) in [6.07, 6.45) is 10.2. The third-order valence-electron chi connectivity index (χ3n) is 5.15. The number of pyridine rings is 1. The van der Waals surface area contributed by atoms with Crippen molar-refractivity contribution in [3.63, 3.8) is 0 Å². The summed E-state index contributed by atoms with van der Waals surface area (Å²) in [5, 5.41) is 7.95. The molecule has 0 aromatic carbocycles. The summed E-state index contributed by atoms with van der Waals surface area (Å²) in [4.78, 5) is 25.4. The maximum atomic E-state index is 12.6. The standard InChI is InChI=1S/C22H24N6O/c1-15-22(17-5-7-23-8-6-17)16(2)28(27-15)14-20(29)11-19-4-3-18(12-26-19)21-13-24-9-10-25-21/h3-5,9-10,12-13,23H,6-8,11,14H2,1-2H3. The molecular formula is C22H24N6O. The quantitative estimate of drug-likeness (QED) is 0.698. The van der Waals surface area contributed by atoms with Crippen molar-refractivity contribution in [1.29, 1.82) is 0 Å². The van der Waals surface area contributed by atoms with Gasteiger partial charge in [0.2, 0.25) is 0 Å². The van der Waals surface area contributed by atoms with Gasteiger partial charge in [0.1, 0.15) is 6.54 Å². The van der Waals surface area contributed by atoms with E-state index in [1.807, 2.05) is 30.7 Å². The lowest BCUT2D eigenvalue weighted by molar-refractivity contribution is -0.119. The number of aryl methyl sites for hydroxylation is 1. The van der Waals surface area contributed by atoms with Crippen LogP contribution in [0.2, 0.25) is 0 Å². The molecule has 7 nitrogen and oxygen atoms in total. The van der Waals surface area contributed by atoms with E-state index in [1.54, 1.807) is 24.8 Å². The van der Waals surface area contributed by atoms with E-state index in [9.17, 15) is 4.79 Å². The number of rotatable bonds is 6. The Kier molecular flexibility index (Phi) is 5.57. The highest BCUT2D eigenvalue weighted by Gasteiger charge is 2.18. The first-order valence-corrected chi connectivity index (χ1v) is 9.79. The highest BCUT2D eigenvalue weighted by Crippen LogP contribution is 2.26. The first-order valence-electron chi connectivity index (χ1n) is 9.79. The van der Waals surface area contributed by atoms with Gasteiger partial charge < -0.3 is 5.32 Å². The lowest BCUT2D eigenvalue weighted by Crippen LogP contribution is -2.20. The number of hydrogen-bond acceptors (Lipinski definition) is 6. The van der Waals surface area contributed by atoms with E-state index < -0.39 is 0 Å². The van der Waals surface area contributed by atoms with Crippen LogP contribution < -0.4 is 5.32 Å². The van der Waals surface area contributed by atoms with Crippen LogP contribution in [0, 0.1) is 13.8 Å². The Morgan fingerprint density at radius 3 is 2.76 bits per heavy atom. The molecule has 1 aliphatic rings. The molecule has 4 heterocycles. The van der Waals surface area contributed by atoms with Crippen LogP contribution in [0.1, 0.15) is 29.1 Å². The van der Waals surface area contributed by atoms with Gasteiger partial charge in [-0.2, -0.15) is 5.10 Å². The van der Waals surface area contributed by atoms with E-state index in [4.69, 9.17) is 0 Å². The van der Waals surface area contributed by atoms with Crippen LogP contribution in [0.3, 0.4) is 0 Å². The molecular weight excluding hydrogens is 364 g/mol. The largest absolute Gasteiger partial charge is 0.313 e. The fourth-order valence-corrected chi connectivity index (χ4v) is 3.72. The molecule has 4 rings (SSSR count). The minimum absolute atomic E-state index is 0.0844. The summed E-state index contributed by atoms with van der Waals surface area (Å²) < 4.78 is 1.82. The summed E-state index contributed by atoms with van der Waals surface area (Å²) in [5.74, 6) is 0.0844. The van der Waals surface area contributed by atoms with E-state index in [2.05, 4.69) is 31.4 Å². The Morgan fingerprint density at radius 2 is 2.07 bits per heavy atom. The lowest BCUT2D eigenvalue weighted by atomic mass is 9.98. The topological polar surface area (TPSA) is 85.6 Å². The monoisotopic (exact) mass is 388 g/mol. The van der Waals surface area contributed by atoms with Crippen molar-refractivity contribution in [2.24, 2.45) is 0 Å².